The van der Waals surface area contributed by atoms with Gasteiger partial charge in [-0.1, -0.05) is 25.1 Å². The summed E-state index contributed by atoms with van der Waals surface area (Å²) in [5, 5.41) is 0. The van der Waals surface area contributed by atoms with Crippen molar-refractivity contribution in [3.63, 3.8) is 0 Å². The minimum atomic E-state index is -3.27. The van der Waals surface area contributed by atoms with Crippen LogP contribution in [0.2, 0.25) is 0 Å². The molecule has 0 saturated heterocycles. The number of hydrogen-bond donors (Lipinski definition) is 0. The first kappa shape index (κ1) is 19.4. The highest BCUT2D eigenvalue weighted by Crippen LogP contribution is 2.36. The molecule has 150 valence electrons. The summed E-state index contributed by atoms with van der Waals surface area (Å²) in [6.45, 7) is 4.20. The highest BCUT2D eigenvalue weighted by molar-refractivity contribution is 7.90. The third kappa shape index (κ3) is 3.58. The van der Waals surface area contributed by atoms with Crippen molar-refractivity contribution in [3.8, 4) is 16.8 Å². The average molecular weight is 410 g/mol. The Hall–Kier alpha value is -2.93. The predicted octanol–water partition coefficient (Wildman–Crippen LogP) is 3.78. The number of nitrogens with zero attached hydrogens (tertiary/aromatic N) is 2. The summed E-state index contributed by atoms with van der Waals surface area (Å²) >= 11 is 0. The lowest BCUT2D eigenvalue weighted by molar-refractivity contribution is 0.0520. The van der Waals surface area contributed by atoms with E-state index in [4.69, 9.17) is 4.74 Å². The fourth-order valence-electron chi connectivity index (χ4n) is 3.71. The van der Waals surface area contributed by atoms with E-state index in [0.717, 1.165) is 28.2 Å². The second-order valence-electron chi connectivity index (χ2n) is 7.31. The minimum Gasteiger partial charge on any atom is -0.461 e. The Labute approximate surface area is 170 Å². The summed E-state index contributed by atoms with van der Waals surface area (Å²) in [5.41, 5.74) is 4.23. The van der Waals surface area contributed by atoms with E-state index in [0.29, 0.717) is 23.6 Å². The third-order valence-corrected chi connectivity index (χ3v) is 6.28. The van der Waals surface area contributed by atoms with Gasteiger partial charge >= 0.3 is 5.97 Å². The SMILES string of the molecule is CCOC(=O)c1cn2c(n1)CC(C)c1cc(-c3cccc(S(C)(=O)=O)c3)ccc1-2. The molecule has 4 rings (SSSR count). The van der Waals surface area contributed by atoms with Crippen LogP contribution >= 0.6 is 0 Å². The Balaban J connectivity index is 1.77. The molecule has 1 aliphatic rings. The summed E-state index contributed by atoms with van der Waals surface area (Å²) in [4.78, 5) is 16.8. The molecule has 1 aromatic heterocycles. The quantitative estimate of drug-likeness (QED) is 0.612. The van der Waals surface area contributed by atoms with Crippen LogP contribution in [0.4, 0.5) is 0 Å². The van der Waals surface area contributed by atoms with Crippen LogP contribution in [0.5, 0.6) is 0 Å². The lowest BCUT2D eigenvalue weighted by Crippen LogP contribution is -2.15. The maximum atomic E-state index is 12.1. The Morgan fingerprint density at radius 2 is 1.97 bits per heavy atom. The van der Waals surface area contributed by atoms with E-state index in [2.05, 4.69) is 18.0 Å². The smallest absolute Gasteiger partial charge is 0.358 e. The van der Waals surface area contributed by atoms with Crippen molar-refractivity contribution >= 4 is 15.8 Å². The second kappa shape index (κ2) is 7.15. The fraction of sp³-hybridized carbons (Fsp3) is 0.273. The molecule has 0 amide bonds. The van der Waals surface area contributed by atoms with Gasteiger partial charge in [0.15, 0.2) is 15.5 Å². The summed E-state index contributed by atoms with van der Waals surface area (Å²) in [6.07, 6.45) is 3.64. The van der Waals surface area contributed by atoms with Gasteiger partial charge in [0.05, 0.1) is 17.2 Å². The zero-order valence-corrected chi connectivity index (χ0v) is 17.4. The van der Waals surface area contributed by atoms with Crippen LogP contribution in [0.3, 0.4) is 0 Å². The van der Waals surface area contributed by atoms with Crippen molar-refractivity contribution in [2.45, 2.75) is 31.1 Å². The van der Waals surface area contributed by atoms with Crippen LogP contribution in [0, 0.1) is 0 Å². The average Bonchev–Trinajstić information content (AvgIpc) is 3.12. The lowest BCUT2D eigenvalue weighted by atomic mass is 9.90. The molecule has 0 radical (unpaired) electrons. The summed E-state index contributed by atoms with van der Waals surface area (Å²) < 4.78 is 30.8. The van der Waals surface area contributed by atoms with Gasteiger partial charge in [-0.05, 0) is 53.8 Å². The van der Waals surface area contributed by atoms with Gasteiger partial charge in [0, 0.05) is 18.9 Å². The number of fused-ring (bicyclic) bond motifs is 3. The molecular formula is C22H22N2O4S. The van der Waals surface area contributed by atoms with Crippen molar-refractivity contribution in [1.82, 2.24) is 9.55 Å². The topological polar surface area (TPSA) is 78.3 Å². The van der Waals surface area contributed by atoms with Crippen molar-refractivity contribution in [2.75, 3.05) is 12.9 Å². The van der Waals surface area contributed by atoms with Crippen LogP contribution in [-0.4, -0.2) is 36.8 Å². The number of sulfone groups is 1. The molecule has 1 atom stereocenters. The standard InChI is InChI=1S/C22H22N2O4S/c1-4-28-22(25)19-13-24-20-9-8-16(12-18(20)14(2)10-21(24)23-19)15-6-5-7-17(11-15)29(3,26)27/h5-9,11-14H,4,10H2,1-3H3. The normalized spacial score (nSPS) is 15.5. The molecule has 0 fully saturated rings. The maximum Gasteiger partial charge on any atom is 0.358 e. The molecule has 1 unspecified atom stereocenters. The minimum absolute atomic E-state index is 0.216. The first-order chi connectivity index (χ1) is 13.8. The van der Waals surface area contributed by atoms with E-state index in [1.54, 1.807) is 31.3 Å². The van der Waals surface area contributed by atoms with E-state index in [-0.39, 0.29) is 5.92 Å². The molecular weight excluding hydrogens is 388 g/mol. The highest BCUT2D eigenvalue weighted by Gasteiger charge is 2.26. The number of ether oxygens (including phenoxy) is 1. The van der Waals surface area contributed by atoms with Crippen LogP contribution in [0.15, 0.2) is 53.6 Å². The van der Waals surface area contributed by atoms with Gasteiger partial charge in [-0.25, -0.2) is 18.2 Å². The summed E-state index contributed by atoms with van der Waals surface area (Å²) in [5.74, 6) is 0.630. The number of benzene rings is 2. The van der Waals surface area contributed by atoms with Crippen LogP contribution in [0.1, 0.15) is 41.6 Å². The van der Waals surface area contributed by atoms with Crippen molar-refractivity contribution < 1.29 is 17.9 Å². The van der Waals surface area contributed by atoms with Gasteiger partial charge in [0.1, 0.15) is 5.82 Å². The van der Waals surface area contributed by atoms with Crippen molar-refractivity contribution in [1.29, 1.82) is 0 Å². The van der Waals surface area contributed by atoms with Gasteiger partial charge < -0.3 is 9.30 Å². The highest BCUT2D eigenvalue weighted by atomic mass is 32.2. The summed E-state index contributed by atoms with van der Waals surface area (Å²) in [6, 6.07) is 13.0. The number of imidazole rings is 1. The van der Waals surface area contributed by atoms with E-state index in [1.165, 1.54) is 6.26 Å². The van der Waals surface area contributed by atoms with E-state index in [9.17, 15) is 13.2 Å². The van der Waals surface area contributed by atoms with E-state index >= 15 is 0 Å². The van der Waals surface area contributed by atoms with Crippen molar-refractivity contribution in [2.24, 2.45) is 0 Å². The first-order valence-electron chi connectivity index (χ1n) is 9.48. The van der Waals surface area contributed by atoms with Gasteiger partial charge in [-0.15, -0.1) is 0 Å². The number of aromatic nitrogens is 2. The number of esters is 1. The molecule has 1 aliphatic heterocycles. The zero-order valence-electron chi connectivity index (χ0n) is 16.5. The third-order valence-electron chi connectivity index (χ3n) is 5.17. The molecule has 7 heteroatoms. The summed E-state index contributed by atoms with van der Waals surface area (Å²) in [7, 11) is -3.27. The molecule has 6 nitrogen and oxygen atoms in total. The molecule has 2 aromatic carbocycles. The molecule has 0 N–H and O–H groups in total. The molecule has 0 spiro atoms. The lowest BCUT2D eigenvalue weighted by Gasteiger charge is -2.24. The van der Waals surface area contributed by atoms with Crippen LogP contribution < -0.4 is 0 Å². The van der Waals surface area contributed by atoms with Gasteiger partial charge in [-0.2, -0.15) is 0 Å². The first-order valence-corrected chi connectivity index (χ1v) is 11.4. The Morgan fingerprint density at radius 3 is 2.69 bits per heavy atom. The zero-order chi connectivity index (χ0) is 20.8. The molecule has 2 heterocycles. The van der Waals surface area contributed by atoms with Gasteiger partial charge in [0.2, 0.25) is 0 Å². The molecule has 29 heavy (non-hydrogen) atoms. The Bertz CT molecular complexity index is 1210. The van der Waals surface area contributed by atoms with Crippen LogP contribution in [-0.2, 0) is 21.0 Å². The monoisotopic (exact) mass is 410 g/mol. The van der Waals surface area contributed by atoms with E-state index < -0.39 is 15.8 Å². The molecule has 0 aliphatic carbocycles. The van der Waals surface area contributed by atoms with Crippen molar-refractivity contribution in [3.05, 3.63) is 65.7 Å². The van der Waals surface area contributed by atoms with Gasteiger partial charge in [0.25, 0.3) is 0 Å². The van der Waals surface area contributed by atoms with Gasteiger partial charge in [-0.3, -0.25) is 0 Å². The number of carbonyl (C=O) groups excluding carboxylic acids is 1. The number of hydrogen-bond acceptors (Lipinski definition) is 5. The molecule has 0 saturated carbocycles. The predicted molar refractivity (Wildman–Crippen MR) is 110 cm³/mol. The maximum absolute atomic E-state index is 12.1. The Kier molecular flexibility index (Phi) is 4.78. The largest absolute Gasteiger partial charge is 0.461 e. The van der Waals surface area contributed by atoms with E-state index in [1.807, 2.05) is 22.8 Å². The Morgan fingerprint density at radius 1 is 1.21 bits per heavy atom. The molecule has 3 aromatic rings. The number of carbonyl (C=O) groups is 1. The van der Waals surface area contributed by atoms with Crippen LogP contribution in [0.25, 0.3) is 16.8 Å². The fourth-order valence-corrected chi connectivity index (χ4v) is 4.38. The molecule has 0 bridgehead atoms. The number of rotatable bonds is 4. The second-order valence-corrected chi connectivity index (χ2v) is 9.33.